The molecule has 0 saturated carbocycles. The van der Waals surface area contributed by atoms with Crippen molar-refractivity contribution in [1.82, 2.24) is 41.5 Å². The molecule has 2 aromatic carbocycles. The second-order valence-corrected chi connectivity index (χ2v) is 19.0. The minimum atomic E-state index is -2.06. The highest BCUT2D eigenvalue weighted by Crippen LogP contribution is 2.46. The molecule has 0 saturated heterocycles. The lowest BCUT2D eigenvalue weighted by atomic mass is 9.81. The number of nitrogens with zero attached hydrogens (tertiary/aromatic N) is 2. The van der Waals surface area contributed by atoms with Crippen LogP contribution in [0.1, 0.15) is 105 Å². The molecule has 71 heavy (non-hydrogen) atoms. The van der Waals surface area contributed by atoms with Gasteiger partial charge in [-0.15, -0.1) is 0 Å². The van der Waals surface area contributed by atoms with Gasteiger partial charge in [0.2, 0.25) is 29.5 Å². The maximum Gasteiger partial charge on any atom is 0.407 e. The fourth-order valence-corrected chi connectivity index (χ4v) is 9.20. The van der Waals surface area contributed by atoms with Crippen LogP contribution in [0.5, 0.6) is 0 Å². The molecule has 2 aromatic heterocycles. The Morgan fingerprint density at radius 2 is 1.65 bits per heavy atom. The van der Waals surface area contributed by atoms with Crippen molar-refractivity contribution in [3.05, 3.63) is 97.6 Å². The first-order chi connectivity index (χ1) is 33.7. The number of hydrogen-bond donors (Lipinski definition) is 8. The van der Waals surface area contributed by atoms with Crippen molar-refractivity contribution in [3.63, 3.8) is 0 Å². The number of esters is 1. The summed E-state index contributed by atoms with van der Waals surface area (Å²) < 4.78 is 27.3. The van der Waals surface area contributed by atoms with E-state index in [0.717, 1.165) is 0 Å². The monoisotopic (exact) mass is 981 g/mol. The molecule has 2 aliphatic heterocycles. The molecule has 0 unspecified atom stereocenters. The molecular formula is C50H60FN9O11. The van der Waals surface area contributed by atoms with Crippen molar-refractivity contribution in [3.8, 4) is 11.4 Å². The van der Waals surface area contributed by atoms with E-state index in [1.54, 1.807) is 71.0 Å². The zero-order chi connectivity index (χ0) is 51.4. The number of nitrogens with two attached hydrogens (primary N) is 1. The summed E-state index contributed by atoms with van der Waals surface area (Å²) in [4.78, 5) is 109. The summed E-state index contributed by atoms with van der Waals surface area (Å²) in [5.74, 6) is -4.59. The second kappa shape index (κ2) is 21.4. The minimum Gasteiger partial charge on any atom is -0.458 e. The highest BCUT2D eigenvalue weighted by molar-refractivity contribution is 5.95. The zero-order valence-electron chi connectivity index (χ0n) is 40.3. The van der Waals surface area contributed by atoms with Crippen molar-refractivity contribution in [2.75, 3.05) is 26.2 Å². The fraction of sp³-hybridized carbons (Fsp3) is 0.460. The number of aromatic nitrogens is 2. The molecule has 9 N–H and O–H groups in total. The number of aliphatic hydroxyl groups is 1. The van der Waals surface area contributed by atoms with Crippen molar-refractivity contribution in [1.29, 1.82) is 0 Å². The molecule has 1 aliphatic carbocycles. The Balaban J connectivity index is 0.973. The number of alkyl carbamates (subject to hydrolysis) is 1. The van der Waals surface area contributed by atoms with Crippen LogP contribution in [-0.2, 0) is 69.8 Å². The predicted molar refractivity (Wildman–Crippen MR) is 256 cm³/mol. The number of rotatable bonds is 18. The Bertz CT molecular complexity index is 2850. The highest BCUT2D eigenvalue weighted by Gasteiger charge is 2.46. The van der Waals surface area contributed by atoms with E-state index in [1.807, 2.05) is 0 Å². The van der Waals surface area contributed by atoms with Gasteiger partial charge in [-0.25, -0.2) is 19.0 Å². The minimum absolute atomic E-state index is 0.0365. The van der Waals surface area contributed by atoms with Gasteiger partial charge in [-0.1, -0.05) is 37.3 Å². The molecular weight excluding hydrogens is 922 g/mol. The number of unbranched alkanes of at least 4 members (excludes halogenated alkanes) is 1. The number of amides is 6. The van der Waals surface area contributed by atoms with Crippen LogP contribution in [0.3, 0.4) is 0 Å². The maximum atomic E-state index is 15.4. The topological polar surface area (TPSA) is 291 Å². The lowest BCUT2D eigenvalue weighted by Gasteiger charge is -2.31. The third-order valence-electron chi connectivity index (χ3n) is 12.9. The van der Waals surface area contributed by atoms with Gasteiger partial charge in [0, 0.05) is 35.5 Å². The summed E-state index contributed by atoms with van der Waals surface area (Å²) in [5, 5.41) is 27.8. The number of ether oxygens (including phenoxy) is 2. The summed E-state index contributed by atoms with van der Waals surface area (Å²) in [5.41, 5.74) is 7.11. The van der Waals surface area contributed by atoms with Crippen molar-refractivity contribution in [2.24, 2.45) is 5.73 Å². The van der Waals surface area contributed by atoms with Crippen LogP contribution in [0.2, 0.25) is 0 Å². The third-order valence-corrected chi connectivity index (χ3v) is 12.9. The van der Waals surface area contributed by atoms with Gasteiger partial charge in [0.05, 0.1) is 60.7 Å². The van der Waals surface area contributed by atoms with Crippen molar-refractivity contribution < 1.29 is 52.5 Å². The summed E-state index contributed by atoms with van der Waals surface area (Å²) in [6, 6.07) is 8.94. The average molecular weight is 982 g/mol. The standard InChI is InChI=1S/C50H60FN9O11/c1-6-50(69)31-19-37-43-29(24-60(37)46(66)30(31)25-70-47(50)67)42-34(16-15-28-26(2)32(51)20-35(59-43)41(28)42)57-40(63)23-56-45(65)36(18-27-12-8-7-9-13-27)58-39(62)22-54-38(61)21-55-44(64)33(52)14-10-11-17-53-48(68)71-49(3,4)5/h7-9,12-13,19-20,33-34,36,69H,6,10-11,14-18,21-25,52H2,1-5H3,(H,53,68)(H,54,61)(H,55,64)(H,56,65)(H,57,63)(H,58,62)/t33-,34-,36-,50-/m0/s1. The number of benzene rings is 2. The molecule has 3 aliphatic rings. The van der Waals surface area contributed by atoms with Gasteiger partial charge >= 0.3 is 12.1 Å². The first kappa shape index (κ1) is 51.6. The largest absolute Gasteiger partial charge is 0.458 e. The van der Waals surface area contributed by atoms with E-state index in [0.29, 0.717) is 88.8 Å². The zero-order valence-corrected chi connectivity index (χ0v) is 40.3. The van der Waals surface area contributed by atoms with Crippen LogP contribution in [-0.4, -0.2) is 100 Å². The molecule has 0 fully saturated rings. The summed E-state index contributed by atoms with van der Waals surface area (Å²) >= 11 is 0. The molecule has 4 heterocycles. The van der Waals surface area contributed by atoms with Gasteiger partial charge in [0.25, 0.3) is 5.56 Å². The number of nitrogens with one attached hydrogen (secondary N) is 6. The van der Waals surface area contributed by atoms with Gasteiger partial charge in [-0.3, -0.25) is 28.8 Å². The summed E-state index contributed by atoms with van der Waals surface area (Å²) in [6.07, 6.45) is 1.52. The van der Waals surface area contributed by atoms with Gasteiger partial charge in [-0.2, -0.15) is 0 Å². The van der Waals surface area contributed by atoms with Crippen LogP contribution in [0.25, 0.3) is 22.3 Å². The molecule has 0 bridgehead atoms. The van der Waals surface area contributed by atoms with E-state index in [2.05, 4.69) is 31.9 Å². The molecule has 7 rings (SSSR count). The number of carbonyl (C=O) groups is 7. The van der Waals surface area contributed by atoms with Crippen LogP contribution in [0.15, 0.2) is 47.3 Å². The quantitative estimate of drug-likeness (QED) is 0.0459. The van der Waals surface area contributed by atoms with E-state index in [1.165, 1.54) is 10.6 Å². The molecule has 0 spiro atoms. The Morgan fingerprint density at radius 3 is 2.37 bits per heavy atom. The third kappa shape index (κ3) is 11.5. The Labute approximate surface area is 408 Å². The number of cyclic esters (lactones) is 1. The number of carbonyl (C=O) groups excluding carboxylic acids is 7. The molecule has 378 valence electrons. The predicted octanol–water partition coefficient (Wildman–Crippen LogP) is 1.73. The lowest BCUT2D eigenvalue weighted by molar-refractivity contribution is -0.172. The van der Waals surface area contributed by atoms with Crippen LogP contribution in [0.4, 0.5) is 9.18 Å². The highest BCUT2D eigenvalue weighted by atomic mass is 19.1. The number of halogens is 1. The molecule has 21 heteroatoms. The number of aryl methyl sites for hydroxylation is 1. The first-order valence-corrected chi connectivity index (χ1v) is 23.7. The molecule has 4 atom stereocenters. The maximum absolute atomic E-state index is 15.4. The number of fused-ring (bicyclic) bond motifs is 5. The van der Waals surface area contributed by atoms with Crippen molar-refractivity contribution in [2.45, 2.75) is 122 Å². The van der Waals surface area contributed by atoms with Crippen LogP contribution >= 0.6 is 0 Å². The fourth-order valence-electron chi connectivity index (χ4n) is 9.20. The lowest BCUT2D eigenvalue weighted by Crippen LogP contribution is -2.52. The second-order valence-electron chi connectivity index (χ2n) is 19.0. The van der Waals surface area contributed by atoms with E-state index in [4.69, 9.17) is 20.2 Å². The number of hydrogen-bond acceptors (Lipinski definition) is 13. The van der Waals surface area contributed by atoms with Gasteiger partial charge < -0.3 is 56.8 Å². The van der Waals surface area contributed by atoms with Crippen molar-refractivity contribution >= 4 is 52.5 Å². The van der Waals surface area contributed by atoms with E-state index < -0.39 is 102 Å². The molecule has 6 amide bonds. The molecule has 4 aromatic rings. The average Bonchev–Trinajstić information content (AvgIpc) is 3.70. The number of pyridine rings is 2. The smallest absolute Gasteiger partial charge is 0.407 e. The molecule has 20 nitrogen and oxygen atoms in total. The van der Waals surface area contributed by atoms with Gasteiger partial charge in [-0.05, 0) is 94.5 Å². The Hall–Kier alpha value is -7.26. The van der Waals surface area contributed by atoms with Gasteiger partial charge in [0.1, 0.15) is 24.1 Å². The SMILES string of the molecule is CC[C@@]1(O)C(=O)OCc2c1cc1n(c2=O)Cc2c-1nc1cc(F)c(C)c3c1c2[C@@H](NC(=O)CNC(=O)[C@H](Cc1ccccc1)NC(=O)CNC(=O)CNC(=O)[C@@H](N)CCCCNC(=O)OC(C)(C)C)CC3. The Kier molecular flexibility index (Phi) is 15.5. The Morgan fingerprint density at radius 1 is 0.944 bits per heavy atom. The van der Waals surface area contributed by atoms with E-state index in [-0.39, 0.29) is 37.1 Å². The molecule has 0 radical (unpaired) electrons. The van der Waals surface area contributed by atoms with E-state index in [9.17, 15) is 43.5 Å². The van der Waals surface area contributed by atoms with E-state index >= 15 is 4.39 Å². The summed E-state index contributed by atoms with van der Waals surface area (Å²) in [6.45, 7) is 7.08. The van der Waals surface area contributed by atoms with Crippen LogP contribution in [0, 0.1) is 12.7 Å². The van der Waals surface area contributed by atoms with Gasteiger partial charge in [0.15, 0.2) is 5.60 Å². The van der Waals surface area contributed by atoms with Crippen LogP contribution < -0.4 is 43.2 Å². The summed E-state index contributed by atoms with van der Waals surface area (Å²) in [7, 11) is 0. The normalized spacial score (nSPS) is 17.4. The first-order valence-electron chi connectivity index (χ1n) is 23.7.